The topological polar surface area (TPSA) is 48.1 Å². The van der Waals surface area contributed by atoms with E-state index in [1.54, 1.807) is 7.11 Å². The predicted molar refractivity (Wildman–Crippen MR) is 52.9 cm³/mol. The monoisotopic (exact) mass is 180 g/mol. The molecular formula is C10H16N2O. The van der Waals surface area contributed by atoms with Crippen molar-refractivity contribution >= 4 is 0 Å². The van der Waals surface area contributed by atoms with Crippen LogP contribution >= 0.6 is 0 Å². The van der Waals surface area contributed by atoms with Crippen LogP contribution in [0, 0.1) is 13.8 Å². The molecule has 0 aliphatic rings. The Hall–Kier alpha value is -1.09. The molecule has 0 fully saturated rings. The Bertz CT molecular complexity index is 308. The zero-order valence-electron chi connectivity index (χ0n) is 8.59. The number of aryl methyl sites for hydroxylation is 2. The third kappa shape index (κ3) is 1.98. The maximum Gasteiger partial charge on any atom is 0.127 e. The van der Waals surface area contributed by atoms with Gasteiger partial charge in [-0.15, -0.1) is 0 Å². The van der Waals surface area contributed by atoms with Gasteiger partial charge in [-0.25, -0.2) is 0 Å². The molecule has 3 nitrogen and oxygen atoms in total. The first-order chi connectivity index (χ1) is 6.06. The Kier molecular flexibility index (Phi) is 2.88. The number of rotatable bonds is 2. The summed E-state index contributed by atoms with van der Waals surface area (Å²) in [7, 11) is 1.65. The third-order valence-electron chi connectivity index (χ3n) is 2.01. The molecule has 1 heterocycles. The van der Waals surface area contributed by atoms with E-state index in [1.165, 1.54) is 0 Å². The fourth-order valence-electron chi connectivity index (χ4n) is 1.53. The Balaban J connectivity index is 3.30. The smallest absolute Gasteiger partial charge is 0.127 e. The lowest BCUT2D eigenvalue weighted by Crippen LogP contribution is -2.10. The number of nitrogens with zero attached hydrogens (tertiary/aromatic N) is 1. The minimum absolute atomic E-state index is 0.0388. The number of hydrogen-bond acceptors (Lipinski definition) is 3. The molecule has 3 heteroatoms. The molecule has 2 N–H and O–H groups in total. The van der Waals surface area contributed by atoms with Crippen LogP contribution < -0.4 is 10.5 Å². The molecule has 1 atom stereocenters. The average molecular weight is 180 g/mol. The molecule has 0 radical (unpaired) electrons. The van der Waals surface area contributed by atoms with Crippen molar-refractivity contribution in [2.45, 2.75) is 26.8 Å². The van der Waals surface area contributed by atoms with Gasteiger partial charge in [0, 0.05) is 29.1 Å². The highest BCUT2D eigenvalue weighted by Gasteiger charge is 2.12. The summed E-state index contributed by atoms with van der Waals surface area (Å²) < 4.78 is 5.25. The average Bonchev–Trinajstić information content (AvgIpc) is 2.01. The van der Waals surface area contributed by atoms with Gasteiger partial charge in [0.2, 0.25) is 0 Å². The number of pyridine rings is 1. The quantitative estimate of drug-likeness (QED) is 0.754. The van der Waals surface area contributed by atoms with Gasteiger partial charge in [-0.2, -0.15) is 0 Å². The van der Waals surface area contributed by atoms with Gasteiger partial charge in [0.15, 0.2) is 0 Å². The second kappa shape index (κ2) is 3.75. The van der Waals surface area contributed by atoms with Crippen LogP contribution in [0.5, 0.6) is 5.75 Å². The first-order valence-corrected chi connectivity index (χ1v) is 4.34. The molecule has 13 heavy (non-hydrogen) atoms. The summed E-state index contributed by atoms with van der Waals surface area (Å²) in [6.07, 6.45) is 0. The molecule has 0 bridgehead atoms. The number of hydrogen-bond donors (Lipinski definition) is 1. The maximum absolute atomic E-state index is 5.82. The van der Waals surface area contributed by atoms with Gasteiger partial charge in [0.05, 0.1) is 7.11 Å². The van der Waals surface area contributed by atoms with Crippen molar-refractivity contribution in [3.05, 3.63) is 23.0 Å². The fourth-order valence-corrected chi connectivity index (χ4v) is 1.53. The maximum atomic E-state index is 5.82. The zero-order chi connectivity index (χ0) is 10.0. The van der Waals surface area contributed by atoms with Crippen LogP contribution in [0.3, 0.4) is 0 Å². The highest BCUT2D eigenvalue weighted by atomic mass is 16.5. The van der Waals surface area contributed by atoms with Crippen molar-refractivity contribution in [1.29, 1.82) is 0 Å². The van der Waals surface area contributed by atoms with Gasteiger partial charge in [-0.1, -0.05) is 0 Å². The van der Waals surface area contributed by atoms with Crippen molar-refractivity contribution in [1.82, 2.24) is 4.98 Å². The summed E-state index contributed by atoms with van der Waals surface area (Å²) >= 11 is 0. The Morgan fingerprint density at radius 3 is 2.54 bits per heavy atom. The second-order valence-corrected chi connectivity index (χ2v) is 3.25. The van der Waals surface area contributed by atoms with Crippen molar-refractivity contribution in [2.24, 2.45) is 5.73 Å². The Morgan fingerprint density at radius 1 is 1.46 bits per heavy atom. The zero-order valence-corrected chi connectivity index (χ0v) is 8.59. The first kappa shape index (κ1) is 9.99. The van der Waals surface area contributed by atoms with Crippen LogP contribution in [0.25, 0.3) is 0 Å². The number of aromatic nitrogens is 1. The van der Waals surface area contributed by atoms with E-state index >= 15 is 0 Å². The molecular weight excluding hydrogens is 164 g/mol. The van der Waals surface area contributed by atoms with Crippen molar-refractivity contribution in [3.63, 3.8) is 0 Å². The largest absolute Gasteiger partial charge is 0.496 e. The van der Waals surface area contributed by atoms with E-state index in [2.05, 4.69) is 4.98 Å². The van der Waals surface area contributed by atoms with Crippen molar-refractivity contribution in [3.8, 4) is 5.75 Å². The van der Waals surface area contributed by atoms with Gasteiger partial charge < -0.3 is 10.5 Å². The molecule has 0 aliphatic heterocycles. The molecule has 0 spiro atoms. The minimum atomic E-state index is -0.0388. The predicted octanol–water partition coefficient (Wildman–Crippen LogP) is 1.73. The molecule has 0 saturated carbocycles. The molecule has 1 unspecified atom stereocenters. The van der Waals surface area contributed by atoms with Gasteiger partial charge in [-0.05, 0) is 20.8 Å². The van der Waals surface area contributed by atoms with Gasteiger partial charge >= 0.3 is 0 Å². The van der Waals surface area contributed by atoms with E-state index in [-0.39, 0.29) is 6.04 Å². The molecule has 1 aromatic heterocycles. The van der Waals surface area contributed by atoms with E-state index in [0.717, 1.165) is 22.7 Å². The van der Waals surface area contributed by atoms with Crippen LogP contribution in [-0.4, -0.2) is 12.1 Å². The molecule has 0 aromatic carbocycles. The van der Waals surface area contributed by atoms with Crippen LogP contribution in [0.1, 0.15) is 29.9 Å². The molecule has 0 amide bonds. The number of nitrogens with two attached hydrogens (primary N) is 1. The standard InChI is InChI=1S/C10H16N2O/c1-6-5-9(13-4)10(7(2)11)8(3)12-6/h5,7H,11H2,1-4H3. The summed E-state index contributed by atoms with van der Waals surface area (Å²) in [6, 6.07) is 1.87. The molecule has 1 rings (SSSR count). The molecule has 72 valence electrons. The van der Waals surface area contributed by atoms with Gasteiger partial charge in [0.25, 0.3) is 0 Å². The Labute approximate surface area is 78.9 Å². The third-order valence-corrected chi connectivity index (χ3v) is 2.01. The van der Waals surface area contributed by atoms with Gasteiger partial charge in [-0.3, -0.25) is 4.98 Å². The lowest BCUT2D eigenvalue weighted by molar-refractivity contribution is 0.405. The van der Waals surface area contributed by atoms with Crippen LogP contribution in [-0.2, 0) is 0 Å². The molecule has 1 aromatic rings. The fraction of sp³-hybridized carbons (Fsp3) is 0.500. The lowest BCUT2D eigenvalue weighted by atomic mass is 10.1. The highest BCUT2D eigenvalue weighted by Crippen LogP contribution is 2.26. The van der Waals surface area contributed by atoms with Crippen LogP contribution in [0.2, 0.25) is 0 Å². The van der Waals surface area contributed by atoms with E-state index in [1.807, 2.05) is 26.8 Å². The summed E-state index contributed by atoms with van der Waals surface area (Å²) in [5.74, 6) is 0.833. The van der Waals surface area contributed by atoms with E-state index in [9.17, 15) is 0 Å². The summed E-state index contributed by atoms with van der Waals surface area (Å²) in [6.45, 7) is 5.83. The van der Waals surface area contributed by atoms with Crippen molar-refractivity contribution < 1.29 is 4.74 Å². The lowest BCUT2D eigenvalue weighted by Gasteiger charge is -2.14. The van der Waals surface area contributed by atoms with E-state index in [4.69, 9.17) is 10.5 Å². The minimum Gasteiger partial charge on any atom is -0.496 e. The number of methoxy groups -OCH3 is 1. The van der Waals surface area contributed by atoms with Crippen molar-refractivity contribution in [2.75, 3.05) is 7.11 Å². The van der Waals surface area contributed by atoms with E-state index < -0.39 is 0 Å². The van der Waals surface area contributed by atoms with Crippen LogP contribution in [0.4, 0.5) is 0 Å². The molecule has 0 saturated heterocycles. The summed E-state index contributed by atoms with van der Waals surface area (Å²) in [4.78, 5) is 4.34. The molecule has 0 aliphatic carbocycles. The van der Waals surface area contributed by atoms with Gasteiger partial charge in [0.1, 0.15) is 5.75 Å². The van der Waals surface area contributed by atoms with E-state index in [0.29, 0.717) is 0 Å². The highest BCUT2D eigenvalue weighted by molar-refractivity contribution is 5.39. The normalized spacial score (nSPS) is 12.7. The number of ether oxygens (including phenoxy) is 1. The first-order valence-electron chi connectivity index (χ1n) is 4.34. The SMILES string of the molecule is COc1cc(C)nc(C)c1C(C)N. The Morgan fingerprint density at radius 2 is 2.08 bits per heavy atom. The summed E-state index contributed by atoms with van der Waals surface area (Å²) in [5, 5.41) is 0. The second-order valence-electron chi connectivity index (χ2n) is 3.25. The summed E-state index contributed by atoms with van der Waals surface area (Å²) in [5.41, 5.74) is 8.72. The van der Waals surface area contributed by atoms with Crippen LogP contribution in [0.15, 0.2) is 6.07 Å².